The van der Waals surface area contributed by atoms with Crippen molar-refractivity contribution in [2.24, 2.45) is 5.92 Å². The monoisotopic (exact) mass is 242 g/mol. The van der Waals surface area contributed by atoms with Crippen molar-refractivity contribution >= 4 is 5.97 Å². The van der Waals surface area contributed by atoms with Crippen LogP contribution >= 0.6 is 0 Å². The number of hydrogen-bond acceptors (Lipinski definition) is 3. The summed E-state index contributed by atoms with van der Waals surface area (Å²) in [5.41, 5.74) is -0.968. The van der Waals surface area contributed by atoms with Gasteiger partial charge in [-0.25, -0.2) is 8.78 Å². The summed E-state index contributed by atoms with van der Waals surface area (Å²) >= 11 is 0. The molecule has 1 saturated carbocycles. The van der Waals surface area contributed by atoms with E-state index in [1.165, 1.54) is 13.2 Å². The molecule has 1 aliphatic carbocycles. The molecule has 0 radical (unpaired) electrons. The number of carbonyl (C=O) groups is 1. The summed E-state index contributed by atoms with van der Waals surface area (Å²) in [6, 6.07) is 3.25. The predicted molar refractivity (Wildman–Crippen MR) is 55.0 cm³/mol. The molecule has 0 atom stereocenters. The molecule has 0 amide bonds. The van der Waals surface area contributed by atoms with E-state index >= 15 is 0 Å². The third-order valence-corrected chi connectivity index (χ3v) is 3.16. The highest BCUT2D eigenvalue weighted by Crippen LogP contribution is 2.46. The SMILES string of the molecule is COC(=O)C1CC(O)(c2ccc(F)c(F)c2)C1. The van der Waals surface area contributed by atoms with Crippen LogP contribution < -0.4 is 0 Å². The van der Waals surface area contributed by atoms with Crippen LogP contribution in [-0.4, -0.2) is 18.2 Å². The number of methoxy groups -OCH3 is 1. The van der Waals surface area contributed by atoms with Crippen molar-refractivity contribution in [1.82, 2.24) is 0 Å². The first kappa shape index (κ1) is 12.0. The largest absolute Gasteiger partial charge is 0.469 e. The summed E-state index contributed by atoms with van der Waals surface area (Å²) < 4.78 is 30.3. The number of aliphatic hydroxyl groups is 1. The van der Waals surface area contributed by atoms with E-state index in [-0.39, 0.29) is 24.3 Å². The lowest BCUT2D eigenvalue weighted by atomic mass is 9.67. The second kappa shape index (κ2) is 4.07. The fourth-order valence-corrected chi connectivity index (χ4v) is 2.11. The molecule has 0 aliphatic heterocycles. The first-order valence-electron chi connectivity index (χ1n) is 5.22. The average Bonchev–Trinajstić information content (AvgIpc) is 2.27. The maximum Gasteiger partial charge on any atom is 0.308 e. The second-order valence-electron chi connectivity index (χ2n) is 4.29. The van der Waals surface area contributed by atoms with Gasteiger partial charge in [0.2, 0.25) is 0 Å². The van der Waals surface area contributed by atoms with E-state index in [1.807, 2.05) is 0 Å². The van der Waals surface area contributed by atoms with Crippen molar-refractivity contribution in [3.63, 3.8) is 0 Å². The molecule has 2 rings (SSSR count). The third kappa shape index (κ3) is 2.02. The van der Waals surface area contributed by atoms with Crippen molar-refractivity contribution in [2.45, 2.75) is 18.4 Å². The minimum absolute atomic E-state index is 0.171. The van der Waals surface area contributed by atoms with Gasteiger partial charge in [0.15, 0.2) is 11.6 Å². The molecule has 0 bridgehead atoms. The van der Waals surface area contributed by atoms with E-state index in [1.54, 1.807) is 0 Å². The molecule has 3 nitrogen and oxygen atoms in total. The Morgan fingerprint density at radius 3 is 2.59 bits per heavy atom. The quantitative estimate of drug-likeness (QED) is 0.803. The van der Waals surface area contributed by atoms with Crippen molar-refractivity contribution in [3.05, 3.63) is 35.4 Å². The highest BCUT2D eigenvalue weighted by atomic mass is 19.2. The fourth-order valence-electron chi connectivity index (χ4n) is 2.11. The molecule has 1 aromatic carbocycles. The molecule has 0 saturated heterocycles. The van der Waals surface area contributed by atoms with Gasteiger partial charge in [0.1, 0.15) is 0 Å². The average molecular weight is 242 g/mol. The van der Waals surface area contributed by atoms with Gasteiger partial charge in [0.05, 0.1) is 18.6 Å². The highest BCUT2D eigenvalue weighted by molar-refractivity contribution is 5.74. The van der Waals surface area contributed by atoms with Crippen LogP contribution in [0.3, 0.4) is 0 Å². The van der Waals surface area contributed by atoms with E-state index in [0.29, 0.717) is 0 Å². The van der Waals surface area contributed by atoms with Gasteiger partial charge in [-0.15, -0.1) is 0 Å². The molecule has 1 fully saturated rings. The summed E-state index contributed by atoms with van der Waals surface area (Å²) in [6.07, 6.45) is 0.343. The van der Waals surface area contributed by atoms with Gasteiger partial charge in [-0.1, -0.05) is 6.07 Å². The van der Waals surface area contributed by atoms with E-state index in [9.17, 15) is 18.7 Å². The molecule has 1 aromatic rings. The second-order valence-corrected chi connectivity index (χ2v) is 4.29. The van der Waals surface area contributed by atoms with E-state index in [2.05, 4.69) is 4.74 Å². The van der Waals surface area contributed by atoms with Gasteiger partial charge < -0.3 is 9.84 Å². The van der Waals surface area contributed by atoms with E-state index in [0.717, 1.165) is 12.1 Å². The Morgan fingerprint density at radius 2 is 2.06 bits per heavy atom. The van der Waals surface area contributed by atoms with Crippen LogP contribution in [0.25, 0.3) is 0 Å². The predicted octanol–water partition coefficient (Wildman–Crippen LogP) is 1.74. The number of ether oxygens (including phenoxy) is 1. The zero-order valence-electron chi connectivity index (χ0n) is 9.24. The Labute approximate surface area is 97.0 Å². The Bertz CT molecular complexity index is 453. The molecule has 0 unspecified atom stereocenters. The summed E-state index contributed by atoms with van der Waals surface area (Å²) in [5, 5.41) is 10.1. The number of benzene rings is 1. The Balaban J connectivity index is 2.14. The van der Waals surface area contributed by atoms with Gasteiger partial charge in [0, 0.05) is 0 Å². The van der Waals surface area contributed by atoms with Gasteiger partial charge in [-0.3, -0.25) is 4.79 Å². The number of esters is 1. The Kier molecular flexibility index (Phi) is 2.87. The van der Waals surface area contributed by atoms with Gasteiger partial charge >= 0.3 is 5.97 Å². The van der Waals surface area contributed by atoms with Crippen LogP contribution in [0.1, 0.15) is 18.4 Å². The topological polar surface area (TPSA) is 46.5 Å². The maximum atomic E-state index is 13.0. The van der Waals surface area contributed by atoms with Crippen molar-refractivity contribution in [1.29, 1.82) is 0 Å². The van der Waals surface area contributed by atoms with Crippen LogP contribution in [0, 0.1) is 17.6 Å². The normalized spacial score (nSPS) is 27.4. The van der Waals surface area contributed by atoms with Crippen molar-refractivity contribution in [2.75, 3.05) is 7.11 Å². The highest BCUT2D eigenvalue weighted by Gasteiger charge is 2.48. The minimum Gasteiger partial charge on any atom is -0.469 e. The molecule has 0 aromatic heterocycles. The number of halogens is 2. The van der Waals surface area contributed by atoms with Gasteiger partial charge in [-0.2, -0.15) is 0 Å². The molecule has 0 heterocycles. The summed E-state index contributed by atoms with van der Waals surface area (Å²) in [6.45, 7) is 0. The van der Waals surface area contributed by atoms with Crippen LogP contribution in [-0.2, 0) is 15.1 Å². The number of rotatable bonds is 2. The first-order valence-corrected chi connectivity index (χ1v) is 5.22. The van der Waals surface area contributed by atoms with Crippen molar-refractivity contribution in [3.8, 4) is 0 Å². The lowest BCUT2D eigenvalue weighted by Gasteiger charge is -2.42. The van der Waals surface area contributed by atoms with Crippen molar-refractivity contribution < 1.29 is 23.4 Å². The molecule has 1 N–H and O–H groups in total. The summed E-state index contributed by atoms with van der Waals surface area (Å²) in [7, 11) is 1.28. The molecule has 0 spiro atoms. The zero-order chi connectivity index (χ0) is 12.6. The molecular formula is C12H12F2O3. The van der Waals surface area contributed by atoms with Gasteiger partial charge in [-0.05, 0) is 30.5 Å². The molecular weight excluding hydrogens is 230 g/mol. The van der Waals surface area contributed by atoms with E-state index < -0.39 is 23.2 Å². The molecule has 92 valence electrons. The van der Waals surface area contributed by atoms with E-state index in [4.69, 9.17) is 0 Å². The lowest BCUT2D eigenvalue weighted by molar-refractivity contribution is -0.163. The summed E-state index contributed by atoms with van der Waals surface area (Å²) in [4.78, 5) is 11.2. The Hall–Kier alpha value is -1.49. The smallest absolute Gasteiger partial charge is 0.308 e. The molecule has 17 heavy (non-hydrogen) atoms. The zero-order valence-corrected chi connectivity index (χ0v) is 9.24. The lowest BCUT2D eigenvalue weighted by Crippen LogP contribution is -2.45. The number of hydrogen-bond donors (Lipinski definition) is 1. The Morgan fingerprint density at radius 1 is 1.41 bits per heavy atom. The number of carbonyl (C=O) groups excluding carboxylic acids is 1. The van der Waals surface area contributed by atoms with Crippen LogP contribution in [0.5, 0.6) is 0 Å². The van der Waals surface area contributed by atoms with Crippen LogP contribution in [0.15, 0.2) is 18.2 Å². The first-order chi connectivity index (χ1) is 7.96. The summed E-state index contributed by atoms with van der Waals surface area (Å²) in [5.74, 6) is -2.73. The van der Waals surface area contributed by atoms with Crippen LogP contribution in [0.2, 0.25) is 0 Å². The minimum atomic E-state index is -1.26. The fraction of sp³-hybridized carbons (Fsp3) is 0.417. The van der Waals surface area contributed by atoms with Crippen LogP contribution in [0.4, 0.5) is 8.78 Å². The maximum absolute atomic E-state index is 13.0. The van der Waals surface area contributed by atoms with Gasteiger partial charge in [0.25, 0.3) is 0 Å². The molecule has 5 heteroatoms. The standard InChI is InChI=1S/C12H12F2O3/c1-17-11(15)7-5-12(16,6-7)8-2-3-9(13)10(14)4-8/h2-4,7,16H,5-6H2,1H3. The third-order valence-electron chi connectivity index (χ3n) is 3.16. The molecule has 1 aliphatic rings.